The number of rotatable bonds is 6. The SMILES string of the molecule is Cc1nc2c3ccccc3nn2c(C)c1CCC(=O)NC(C)(CN)C(C)C. The Bertz CT molecular complexity index is 991. The van der Waals surface area contributed by atoms with Gasteiger partial charge in [-0.1, -0.05) is 26.0 Å². The minimum absolute atomic E-state index is 0.0150. The minimum Gasteiger partial charge on any atom is -0.349 e. The van der Waals surface area contributed by atoms with Gasteiger partial charge in [0.1, 0.15) is 0 Å². The van der Waals surface area contributed by atoms with Gasteiger partial charge in [-0.3, -0.25) is 4.79 Å². The van der Waals surface area contributed by atoms with Crippen molar-refractivity contribution in [2.24, 2.45) is 11.7 Å². The lowest BCUT2D eigenvalue weighted by atomic mass is 9.88. The zero-order chi connectivity index (χ0) is 19.8. The van der Waals surface area contributed by atoms with Crippen LogP contribution >= 0.6 is 0 Å². The molecule has 3 rings (SSSR count). The van der Waals surface area contributed by atoms with Crippen LogP contribution in [0.2, 0.25) is 0 Å². The number of carbonyl (C=O) groups is 1. The quantitative estimate of drug-likeness (QED) is 0.701. The summed E-state index contributed by atoms with van der Waals surface area (Å²) in [4.78, 5) is 17.3. The summed E-state index contributed by atoms with van der Waals surface area (Å²) in [7, 11) is 0. The molecule has 2 heterocycles. The van der Waals surface area contributed by atoms with Gasteiger partial charge in [-0.05, 0) is 50.8 Å². The molecule has 27 heavy (non-hydrogen) atoms. The van der Waals surface area contributed by atoms with Gasteiger partial charge in [0.25, 0.3) is 0 Å². The van der Waals surface area contributed by atoms with E-state index in [4.69, 9.17) is 10.7 Å². The maximum atomic E-state index is 12.5. The molecule has 0 spiro atoms. The molecule has 6 heteroatoms. The van der Waals surface area contributed by atoms with E-state index in [1.165, 1.54) is 0 Å². The van der Waals surface area contributed by atoms with Crippen molar-refractivity contribution in [3.63, 3.8) is 0 Å². The van der Waals surface area contributed by atoms with Crippen LogP contribution in [0.4, 0.5) is 0 Å². The second-order valence-electron chi connectivity index (χ2n) is 7.84. The van der Waals surface area contributed by atoms with Crippen LogP contribution in [-0.2, 0) is 11.2 Å². The molecule has 0 radical (unpaired) electrons. The summed E-state index contributed by atoms with van der Waals surface area (Å²) in [5.41, 5.74) is 10.3. The highest BCUT2D eigenvalue weighted by Gasteiger charge is 2.28. The zero-order valence-corrected chi connectivity index (χ0v) is 16.8. The highest BCUT2D eigenvalue weighted by molar-refractivity contribution is 5.92. The Morgan fingerprint density at radius 2 is 2.00 bits per heavy atom. The summed E-state index contributed by atoms with van der Waals surface area (Å²) >= 11 is 0. The number of nitrogens with two attached hydrogens (primary N) is 1. The molecule has 0 fully saturated rings. The molecule has 3 N–H and O–H groups in total. The Hall–Kier alpha value is -2.47. The molecular weight excluding hydrogens is 338 g/mol. The normalized spacial score (nSPS) is 14.0. The van der Waals surface area contributed by atoms with Crippen molar-refractivity contribution in [2.45, 2.75) is 53.0 Å². The van der Waals surface area contributed by atoms with Gasteiger partial charge >= 0.3 is 0 Å². The Labute approximate surface area is 160 Å². The number of benzene rings is 1. The van der Waals surface area contributed by atoms with E-state index in [0.717, 1.165) is 33.5 Å². The fourth-order valence-electron chi connectivity index (χ4n) is 3.39. The van der Waals surface area contributed by atoms with E-state index >= 15 is 0 Å². The molecule has 1 aromatic carbocycles. The van der Waals surface area contributed by atoms with E-state index in [1.54, 1.807) is 0 Å². The average molecular weight is 367 g/mol. The average Bonchev–Trinajstić information content (AvgIpc) is 3.00. The first-order valence-corrected chi connectivity index (χ1v) is 9.51. The molecule has 2 aromatic heterocycles. The number of aromatic nitrogens is 3. The van der Waals surface area contributed by atoms with Gasteiger partial charge in [0.05, 0.1) is 11.1 Å². The summed E-state index contributed by atoms with van der Waals surface area (Å²) in [5, 5.41) is 8.83. The van der Waals surface area contributed by atoms with Crippen LogP contribution in [0, 0.1) is 19.8 Å². The fourth-order valence-corrected chi connectivity index (χ4v) is 3.39. The van der Waals surface area contributed by atoms with Gasteiger partial charge in [0.15, 0.2) is 5.65 Å². The molecule has 0 bridgehead atoms. The summed E-state index contributed by atoms with van der Waals surface area (Å²) in [6.45, 7) is 10.6. The van der Waals surface area contributed by atoms with Crippen LogP contribution in [0.1, 0.15) is 44.1 Å². The van der Waals surface area contributed by atoms with Crippen LogP contribution in [0.3, 0.4) is 0 Å². The van der Waals surface area contributed by atoms with Crippen LogP contribution in [0.5, 0.6) is 0 Å². The number of aryl methyl sites for hydroxylation is 2. The molecule has 0 saturated carbocycles. The number of hydrogen-bond acceptors (Lipinski definition) is 4. The zero-order valence-electron chi connectivity index (χ0n) is 16.8. The van der Waals surface area contributed by atoms with Crippen LogP contribution in [-0.4, -0.2) is 32.6 Å². The number of carbonyl (C=O) groups excluding carboxylic acids is 1. The Morgan fingerprint density at radius 3 is 2.67 bits per heavy atom. The largest absolute Gasteiger partial charge is 0.349 e. The number of fused-ring (bicyclic) bond motifs is 3. The molecule has 0 saturated heterocycles. The molecular formula is C21H29N5O. The second-order valence-corrected chi connectivity index (χ2v) is 7.84. The first-order valence-electron chi connectivity index (χ1n) is 9.51. The third-order valence-electron chi connectivity index (χ3n) is 5.74. The molecule has 1 amide bonds. The van der Waals surface area contributed by atoms with Gasteiger partial charge in [0, 0.05) is 29.7 Å². The number of nitrogens with one attached hydrogen (secondary N) is 1. The highest BCUT2D eigenvalue weighted by Crippen LogP contribution is 2.23. The van der Waals surface area contributed by atoms with E-state index in [1.807, 2.05) is 49.6 Å². The van der Waals surface area contributed by atoms with Gasteiger partial charge in [-0.15, -0.1) is 0 Å². The fraction of sp³-hybridized carbons (Fsp3) is 0.476. The lowest BCUT2D eigenvalue weighted by Crippen LogP contribution is -2.55. The van der Waals surface area contributed by atoms with Crippen molar-refractivity contribution in [2.75, 3.05) is 6.54 Å². The molecule has 3 aromatic rings. The lowest BCUT2D eigenvalue weighted by Gasteiger charge is -2.33. The molecule has 144 valence electrons. The molecule has 1 atom stereocenters. The van der Waals surface area contributed by atoms with E-state index in [0.29, 0.717) is 19.4 Å². The predicted octanol–water partition coefficient (Wildman–Crippen LogP) is 2.92. The Morgan fingerprint density at radius 1 is 1.30 bits per heavy atom. The van der Waals surface area contributed by atoms with Crippen molar-refractivity contribution >= 4 is 22.5 Å². The summed E-state index contributed by atoms with van der Waals surface area (Å²) in [6, 6.07) is 8.00. The lowest BCUT2D eigenvalue weighted by molar-refractivity contribution is -0.123. The van der Waals surface area contributed by atoms with E-state index in [9.17, 15) is 4.79 Å². The summed E-state index contributed by atoms with van der Waals surface area (Å²) in [6.07, 6.45) is 1.03. The third kappa shape index (κ3) is 3.54. The number of amides is 1. The van der Waals surface area contributed by atoms with Gasteiger partial charge < -0.3 is 11.1 Å². The molecule has 0 aliphatic carbocycles. The van der Waals surface area contributed by atoms with Gasteiger partial charge in [-0.2, -0.15) is 5.10 Å². The smallest absolute Gasteiger partial charge is 0.220 e. The van der Waals surface area contributed by atoms with Crippen molar-refractivity contribution < 1.29 is 4.79 Å². The van der Waals surface area contributed by atoms with Crippen molar-refractivity contribution in [3.05, 3.63) is 41.2 Å². The van der Waals surface area contributed by atoms with Crippen molar-refractivity contribution in [3.8, 4) is 0 Å². The first-order chi connectivity index (χ1) is 12.8. The van der Waals surface area contributed by atoms with Crippen LogP contribution in [0.25, 0.3) is 16.6 Å². The van der Waals surface area contributed by atoms with Gasteiger partial charge in [-0.25, -0.2) is 9.50 Å². The maximum Gasteiger partial charge on any atom is 0.220 e. The first kappa shape index (κ1) is 19.3. The van der Waals surface area contributed by atoms with Crippen molar-refractivity contribution in [1.29, 1.82) is 0 Å². The maximum absolute atomic E-state index is 12.5. The molecule has 1 unspecified atom stereocenters. The Balaban J connectivity index is 1.85. The summed E-state index contributed by atoms with van der Waals surface area (Å²) < 4.78 is 1.89. The van der Waals surface area contributed by atoms with Crippen LogP contribution in [0.15, 0.2) is 24.3 Å². The molecule has 0 aliphatic heterocycles. The third-order valence-corrected chi connectivity index (χ3v) is 5.74. The number of nitrogens with zero attached hydrogens (tertiary/aromatic N) is 3. The monoisotopic (exact) mass is 367 g/mol. The molecule has 0 aliphatic rings. The van der Waals surface area contributed by atoms with E-state index < -0.39 is 0 Å². The molecule has 6 nitrogen and oxygen atoms in total. The van der Waals surface area contributed by atoms with E-state index in [2.05, 4.69) is 24.3 Å². The van der Waals surface area contributed by atoms with Crippen molar-refractivity contribution in [1.82, 2.24) is 19.9 Å². The predicted molar refractivity (Wildman–Crippen MR) is 109 cm³/mol. The summed E-state index contributed by atoms with van der Waals surface area (Å²) in [5.74, 6) is 0.283. The second kappa shape index (κ2) is 7.27. The Kier molecular flexibility index (Phi) is 5.20. The van der Waals surface area contributed by atoms with Gasteiger partial charge in [0.2, 0.25) is 5.91 Å². The standard InChI is InChI=1S/C21H29N5O/c1-13(2)21(5,12-22)24-19(27)11-10-16-14(3)23-20-17-8-6-7-9-18(17)25-26(20)15(16)4/h6-9,13H,10-12,22H2,1-5H3,(H,24,27). The van der Waals surface area contributed by atoms with Crippen LogP contribution < -0.4 is 11.1 Å². The topological polar surface area (TPSA) is 85.3 Å². The highest BCUT2D eigenvalue weighted by atomic mass is 16.1. The number of hydrogen-bond donors (Lipinski definition) is 2. The van der Waals surface area contributed by atoms with E-state index in [-0.39, 0.29) is 17.4 Å². The minimum atomic E-state index is -0.386.